The predicted molar refractivity (Wildman–Crippen MR) is 82.2 cm³/mol. The van der Waals surface area contributed by atoms with Crippen molar-refractivity contribution in [1.82, 2.24) is 5.32 Å². The van der Waals surface area contributed by atoms with Crippen LogP contribution in [0.25, 0.3) is 0 Å². The zero-order valence-corrected chi connectivity index (χ0v) is 13.0. The minimum absolute atomic E-state index is 0.0724. The number of nitrogens with one attached hydrogen (secondary N) is 1. The van der Waals surface area contributed by atoms with E-state index in [4.69, 9.17) is 0 Å². The van der Waals surface area contributed by atoms with Crippen molar-refractivity contribution in [3.63, 3.8) is 0 Å². The largest absolute Gasteiger partial charge is 0.508 e. The van der Waals surface area contributed by atoms with E-state index in [1.54, 1.807) is 0 Å². The van der Waals surface area contributed by atoms with E-state index in [0.717, 1.165) is 10.0 Å². The third-order valence-electron chi connectivity index (χ3n) is 3.33. The molecule has 0 aliphatic rings. The van der Waals surface area contributed by atoms with Crippen LogP contribution < -0.4 is 5.32 Å². The Balaban J connectivity index is 2.17. The molecule has 20 heavy (non-hydrogen) atoms. The Labute approximate surface area is 126 Å². The van der Waals surface area contributed by atoms with Crippen LogP contribution in [0.5, 0.6) is 5.75 Å². The van der Waals surface area contributed by atoms with Crippen molar-refractivity contribution in [2.24, 2.45) is 0 Å². The topological polar surface area (TPSA) is 32.3 Å². The van der Waals surface area contributed by atoms with Crippen molar-refractivity contribution in [3.8, 4) is 5.75 Å². The number of phenols is 1. The molecule has 0 saturated carbocycles. The third kappa shape index (κ3) is 3.38. The van der Waals surface area contributed by atoms with E-state index in [-0.39, 0.29) is 23.7 Å². The van der Waals surface area contributed by atoms with Gasteiger partial charge in [0.15, 0.2) is 0 Å². The molecule has 0 amide bonds. The van der Waals surface area contributed by atoms with E-state index < -0.39 is 0 Å². The SMILES string of the molecule is CC(N[C@H](C)c1ccccc1Br)c1cc(F)ccc1O. The fourth-order valence-corrected chi connectivity index (χ4v) is 2.88. The molecule has 0 spiro atoms. The van der Waals surface area contributed by atoms with E-state index in [1.807, 2.05) is 38.1 Å². The van der Waals surface area contributed by atoms with Crippen LogP contribution in [0.1, 0.15) is 37.1 Å². The van der Waals surface area contributed by atoms with Gasteiger partial charge in [0, 0.05) is 22.1 Å². The maximum Gasteiger partial charge on any atom is 0.123 e. The first kappa shape index (κ1) is 15.0. The number of rotatable bonds is 4. The summed E-state index contributed by atoms with van der Waals surface area (Å²) in [5.41, 5.74) is 1.68. The summed E-state index contributed by atoms with van der Waals surface area (Å²) in [4.78, 5) is 0. The molecular formula is C16H17BrFNO. The molecular weight excluding hydrogens is 321 g/mol. The number of benzene rings is 2. The highest BCUT2D eigenvalue weighted by atomic mass is 79.9. The first-order valence-corrected chi connectivity index (χ1v) is 7.27. The van der Waals surface area contributed by atoms with Crippen molar-refractivity contribution >= 4 is 15.9 Å². The van der Waals surface area contributed by atoms with Gasteiger partial charge in [-0.1, -0.05) is 34.1 Å². The lowest BCUT2D eigenvalue weighted by Crippen LogP contribution is -2.23. The maximum absolute atomic E-state index is 13.3. The van der Waals surface area contributed by atoms with Crippen LogP contribution in [-0.4, -0.2) is 5.11 Å². The van der Waals surface area contributed by atoms with Gasteiger partial charge in [-0.05, 0) is 43.7 Å². The van der Waals surface area contributed by atoms with Gasteiger partial charge < -0.3 is 10.4 Å². The molecule has 106 valence electrons. The molecule has 0 fully saturated rings. The van der Waals surface area contributed by atoms with Crippen LogP contribution >= 0.6 is 15.9 Å². The van der Waals surface area contributed by atoms with Crippen LogP contribution in [0, 0.1) is 5.82 Å². The van der Waals surface area contributed by atoms with Gasteiger partial charge in [0.2, 0.25) is 0 Å². The Morgan fingerprint density at radius 2 is 1.70 bits per heavy atom. The van der Waals surface area contributed by atoms with Crippen LogP contribution in [-0.2, 0) is 0 Å². The molecule has 0 aromatic heterocycles. The molecule has 0 saturated heterocycles. The van der Waals surface area contributed by atoms with Gasteiger partial charge in [-0.2, -0.15) is 0 Å². The molecule has 2 aromatic rings. The molecule has 1 unspecified atom stereocenters. The molecule has 2 rings (SSSR count). The first-order chi connectivity index (χ1) is 9.49. The highest BCUT2D eigenvalue weighted by molar-refractivity contribution is 9.10. The summed E-state index contributed by atoms with van der Waals surface area (Å²) in [5.74, 6) is -0.245. The highest BCUT2D eigenvalue weighted by Crippen LogP contribution is 2.29. The van der Waals surface area contributed by atoms with Crippen LogP contribution in [0.2, 0.25) is 0 Å². The predicted octanol–water partition coefficient (Wildman–Crippen LogP) is 4.71. The maximum atomic E-state index is 13.3. The summed E-state index contributed by atoms with van der Waals surface area (Å²) < 4.78 is 14.3. The number of hydrogen-bond acceptors (Lipinski definition) is 2. The van der Waals surface area contributed by atoms with Crippen molar-refractivity contribution < 1.29 is 9.50 Å². The van der Waals surface area contributed by atoms with Crippen molar-refractivity contribution in [2.75, 3.05) is 0 Å². The summed E-state index contributed by atoms with van der Waals surface area (Å²) in [6.07, 6.45) is 0. The zero-order valence-electron chi connectivity index (χ0n) is 11.4. The van der Waals surface area contributed by atoms with Gasteiger partial charge in [-0.3, -0.25) is 0 Å². The quantitative estimate of drug-likeness (QED) is 0.847. The molecule has 4 heteroatoms. The van der Waals surface area contributed by atoms with Gasteiger partial charge in [-0.25, -0.2) is 4.39 Å². The lowest BCUT2D eigenvalue weighted by molar-refractivity contribution is 0.435. The fraction of sp³-hybridized carbons (Fsp3) is 0.250. The van der Waals surface area contributed by atoms with Gasteiger partial charge in [-0.15, -0.1) is 0 Å². The van der Waals surface area contributed by atoms with E-state index >= 15 is 0 Å². The van der Waals surface area contributed by atoms with Gasteiger partial charge >= 0.3 is 0 Å². The molecule has 0 aliphatic heterocycles. The minimum Gasteiger partial charge on any atom is -0.508 e. The van der Waals surface area contributed by atoms with Crippen LogP contribution in [0.15, 0.2) is 46.9 Å². The number of aromatic hydroxyl groups is 1. The van der Waals surface area contributed by atoms with Crippen molar-refractivity contribution in [2.45, 2.75) is 25.9 Å². The zero-order chi connectivity index (χ0) is 14.7. The summed E-state index contributed by atoms with van der Waals surface area (Å²) >= 11 is 3.52. The second kappa shape index (κ2) is 6.37. The second-order valence-corrected chi connectivity index (χ2v) is 5.69. The summed E-state index contributed by atoms with van der Waals surface area (Å²) in [5, 5.41) is 13.2. The lowest BCUT2D eigenvalue weighted by atomic mass is 10.0. The number of hydrogen-bond donors (Lipinski definition) is 2. The Morgan fingerprint density at radius 1 is 1.05 bits per heavy atom. The van der Waals surface area contributed by atoms with Crippen LogP contribution in [0.3, 0.4) is 0 Å². The Hall–Kier alpha value is -1.39. The first-order valence-electron chi connectivity index (χ1n) is 6.48. The summed E-state index contributed by atoms with van der Waals surface area (Å²) in [7, 11) is 0. The highest BCUT2D eigenvalue weighted by Gasteiger charge is 2.16. The summed E-state index contributed by atoms with van der Waals surface area (Å²) in [6.45, 7) is 3.94. The number of halogens is 2. The Morgan fingerprint density at radius 3 is 2.40 bits per heavy atom. The second-order valence-electron chi connectivity index (χ2n) is 4.83. The van der Waals surface area contributed by atoms with Crippen molar-refractivity contribution in [1.29, 1.82) is 0 Å². The van der Waals surface area contributed by atoms with E-state index in [9.17, 15) is 9.50 Å². The normalized spacial score (nSPS) is 14.0. The van der Waals surface area contributed by atoms with E-state index in [2.05, 4.69) is 21.2 Å². The molecule has 2 atom stereocenters. The molecule has 0 heterocycles. The molecule has 0 radical (unpaired) electrons. The average Bonchev–Trinajstić information content (AvgIpc) is 2.41. The molecule has 2 aromatic carbocycles. The molecule has 2 nitrogen and oxygen atoms in total. The smallest absolute Gasteiger partial charge is 0.123 e. The summed E-state index contributed by atoms with van der Waals surface area (Å²) in [6, 6.07) is 11.9. The minimum atomic E-state index is -0.347. The van der Waals surface area contributed by atoms with E-state index in [0.29, 0.717) is 5.56 Å². The fourth-order valence-electron chi connectivity index (χ4n) is 2.25. The van der Waals surface area contributed by atoms with Gasteiger partial charge in [0.05, 0.1) is 0 Å². The van der Waals surface area contributed by atoms with Crippen molar-refractivity contribution in [3.05, 3.63) is 63.9 Å². The molecule has 2 N–H and O–H groups in total. The third-order valence-corrected chi connectivity index (χ3v) is 4.05. The Bertz CT molecular complexity index is 603. The molecule has 0 aliphatic carbocycles. The monoisotopic (exact) mass is 337 g/mol. The van der Waals surface area contributed by atoms with E-state index in [1.165, 1.54) is 18.2 Å². The van der Waals surface area contributed by atoms with Gasteiger partial charge in [0.1, 0.15) is 11.6 Å². The molecule has 0 bridgehead atoms. The van der Waals surface area contributed by atoms with Gasteiger partial charge in [0.25, 0.3) is 0 Å². The number of phenolic OH excluding ortho intramolecular Hbond substituents is 1. The lowest BCUT2D eigenvalue weighted by Gasteiger charge is -2.22. The Kier molecular flexibility index (Phi) is 4.78. The standard InChI is InChI=1S/C16H17BrFNO/c1-10(13-5-3-4-6-15(13)17)19-11(2)14-9-12(18)7-8-16(14)20/h3-11,19-20H,1-2H3/t10-,11?/m1/s1. The van der Waals surface area contributed by atoms with Crippen LogP contribution in [0.4, 0.5) is 4.39 Å². The average molecular weight is 338 g/mol.